The van der Waals surface area contributed by atoms with E-state index in [1.165, 1.54) is 5.57 Å². The number of nitrogens with two attached hydrogens (primary N) is 1. The van der Waals surface area contributed by atoms with Crippen LogP contribution in [0.3, 0.4) is 0 Å². The summed E-state index contributed by atoms with van der Waals surface area (Å²) in [7, 11) is 0. The lowest BCUT2D eigenvalue weighted by atomic mass is 9.87. The maximum Gasteiger partial charge on any atom is 0.0374 e. The van der Waals surface area contributed by atoms with Crippen LogP contribution in [0.25, 0.3) is 0 Å². The molecule has 0 aliphatic heterocycles. The molecule has 62 valence electrons. The van der Waals surface area contributed by atoms with Gasteiger partial charge in [-0.25, -0.2) is 0 Å². The van der Waals surface area contributed by atoms with Crippen LogP contribution < -0.4 is 5.73 Å². The third kappa shape index (κ3) is 1.93. The normalized spacial score (nSPS) is 30.3. The van der Waals surface area contributed by atoms with Crippen LogP contribution in [0.2, 0.25) is 0 Å². The van der Waals surface area contributed by atoms with E-state index in [-0.39, 0.29) is 5.54 Å². The van der Waals surface area contributed by atoms with Crippen molar-refractivity contribution in [2.45, 2.75) is 38.6 Å². The van der Waals surface area contributed by atoms with E-state index >= 15 is 0 Å². The van der Waals surface area contributed by atoms with Crippen LogP contribution in [0.5, 0.6) is 0 Å². The Morgan fingerprint density at radius 2 is 2.27 bits per heavy atom. The van der Waals surface area contributed by atoms with Gasteiger partial charge in [0, 0.05) is 5.54 Å². The van der Waals surface area contributed by atoms with E-state index in [4.69, 9.17) is 5.73 Å². The fourth-order valence-electron chi connectivity index (χ4n) is 1.25. The number of rotatable bonds is 2. The zero-order valence-electron chi connectivity index (χ0n) is 7.43. The predicted octanol–water partition coefficient (Wildman–Crippen LogP) is 2.39. The Kier molecular flexibility index (Phi) is 2.50. The van der Waals surface area contributed by atoms with Gasteiger partial charge in [-0.3, -0.25) is 0 Å². The first-order valence-electron chi connectivity index (χ1n) is 4.37. The van der Waals surface area contributed by atoms with Gasteiger partial charge in [0.1, 0.15) is 0 Å². The van der Waals surface area contributed by atoms with Crippen molar-refractivity contribution < 1.29 is 0 Å². The molecule has 1 aliphatic rings. The van der Waals surface area contributed by atoms with Crippen LogP contribution in [0.15, 0.2) is 23.8 Å². The summed E-state index contributed by atoms with van der Waals surface area (Å²) in [6.45, 7) is 4.31. The van der Waals surface area contributed by atoms with Crippen LogP contribution in [0.1, 0.15) is 33.1 Å². The molecule has 1 rings (SSSR count). The molecule has 0 amide bonds. The molecule has 0 spiro atoms. The van der Waals surface area contributed by atoms with E-state index in [0.717, 1.165) is 19.3 Å². The highest BCUT2D eigenvalue weighted by Gasteiger charge is 2.19. The number of hydrogen-bond acceptors (Lipinski definition) is 1. The van der Waals surface area contributed by atoms with E-state index in [1.807, 2.05) is 0 Å². The Bertz CT molecular complexity index is 191. The van der Waals surface area contributed by atoms with E-state index in [2.05, 4.69) is 32.1 Å². The van der Waals surface area contributed by atoms with Crippen molar-refractivity contribution in [2.75, 3.05) is 0 Å². The van der Waals surface area contributed by atoms with E-state index in [0.29, 0.717) is 0 Å². The fraction of sp³-hybridized carbons (Fsp3) is 0.600. The third-order valence-electron chi connectivity index (χ3n) is 2.44. The second-order valence-electron chi connectivity index (χ2n) is 3.26. The first kappa shape index (κ1) is 8.54. The Morgan fingerprint density at radius 1 is 1.55 bits per heavy atom. The van der Waals surface area contributed by atoms with Crippen LogP contribution in [-0.4, -0.2) is 5.54 Å². The zero-order chi connectivity index (χ0) is 8.32. The highest BCUT2D eigenvalue weighted by atomic mass is 14.7. The summed E-state index contributed by atoms with van der Waals surface area (Å²) in [6, 6.07) is 0. The van der Waals surface area contributed by atoms with Gasteiger partial charge in [-0.2, -0.15) is 0 Å². The van der Waals surface area contributed by atoms with Crippen LogP contribution in [0, 0.1) is 0 Å². The SMILES string of the molecule is CCC1=CCC(N)(CC)C=C1. The van der Waals surface area contributed by atoms with Gasteiger partial charge in [-0.15, -0.1) is 0 Å². The molecule has 0 aromatic rings. The summed E-state index contributed by atoms with van der Waals surface area (Å²) < 4.78 is 0. The molecule has 1 nitrogen and oxygen atoms in total. The van der Waals surface area contributed by atoms with Gasteiger partial charge in [0.2, 0.25) is 0 Å². The molecule has 0 saturated heterocycles. The van der Waals surface area contributed by atoms with Crippen molar-refractivity contribution in [3.8, 4) is 0 Å². The minimum absolute atomic E-state index is 0.0569. The van der Waals surface area contributed by atoms with Gasteiger partial charge in [-0.1, -0.05) is 37.6 Å². The summed E-state index contributed by atoms with van der Waals surface area (Å²) in [5.74, 6) is 0. The monoisotopic (exact) mass is 151 g/mol. The molecule has 0 aromatic carbocycles. The molecule has 0 radical (unpaired) electrons. The van der Waals surface area contributed by atoms with E-state index < -0.39 is 0 Å². The largest absolute Gasteiger partial charge is 0.322 e. The van der Waals surface area contributed by atoms with E-state index in [9.17, 15) is 0 Å². The summed E-state index contributed by atoms with van der Waals surface area (Å²) in [4.78, 5) is 0. The molecule has 2 N–H and O–H groups in total. The highest BCUT2D eigenvalue weighted by Crippen LogP contribution is 2.22. The minimum Gasteiger partial charge on any atom is -0.322 e. The first-order chi connectivity index (χ1) is 5.20. The highest BCUT2D eigenvalue weighted by molar-refractivity contribution is 5.28. The minimum atomic E-state index is -0.0569. The molecule has 0 saturated carbocycles. The van der Waals surface area contributed by atoms with Crippen molar-refractivity contribution in [1.82, 2.24) is 0 Å². The van der Waals surface area contributed by atoms with Crippen molar-refractivity contribution in [3.63, 3.8) is 0 Å². The molecule has 11 heavy (non-hydrogen) atoms. The quantitative estimate of drug-likeness (QED) is 0.644. The fourth-order valence-corrected chi connectivity index (χ4v) is 1.25. The number of allylic oxidation sites excluding steroid dienone is 2. The van der Waals surface area contributed by atoms with Gasteiger partial charge in [0.25, 0.3) is 0 Å². The summed E-state index contributed by atoms with van der Waals surface area (Å²) in [6.07, 6.45) is 9.71. The average molecular weight is 151 g/mol. The second-order valence-corrected chi connectivity index (χ2v) is 3.26. The zero-order valence-corrected chi connectivity index (χ0v) is 7.43. The standard InChI is InChI=1S/C10H17N/c1-3-9-5-7-10(11,4-2)8-6-9/h5-7H,3-4,8,11H2,1-2H3. The van der Waals surface area contributed by atoms with Gasteiger partial charge in [0.05, 0.1) is 0 Å². The maximum atomic E-state index is 6.04. The van der Waals surface area contributed by atoms with Crippen molar-refractivity contribution in [2.24, 2.45) is 5.73 Å². The van der Waals surface area contributed by atoms with Crippen LogP contribution in [0.4, 0.5) is 0 Å². The van der Waals surface area contributed by atoms with Crippen molar-refractivity contribution in [3.05, 3.63) is 23.8 Å². The molecular weight excluding hydrogens is 134 g/mol. The van der Waals surface area contributed by atoms with Gasteiger partial charge in [-0.05, 0) is 19.3 Å². The lowest BCUT2D eigenvalue weighted by Crippen LogP contribution is -2.37. The molecule has 0 fully saturated rings. The Labute approximate surface area is 69.0 Å². The molecule has 1 unspecified atom stereocenters. The average Bonchev–Trinajstić information content (AvgIpc) is 2.06. The molecular formula is C10H17N. The van der Waals surface area contributed by atoms with E-state index in [1.54, 1.807) is 0 Å². The topological polar surface area (TPSA) is 26.0 Å². The van der Waals surface area contributed by atoms with Crippen LogP contribution >= 0.6 is 0 Å². The summed E-state index contributed by atoms with van der Waals surface area (Å²) >= 11 is 0. The lowest BCUT2D eigenvalue weighted by Gasteiger charge is -2.26. The second kappa shape index (κ2) is 3.22. The van der Waals surface area contributed by atoms with Crippen molar-refractivity contribution in [1.29, 1.82) is 0 Å². The summed E-state index contributed by atoms with van der Waals surface area (Å²) in [5, 5.41) is 0. The van der Waals surface area contributed by atoms with Gasteiger partial charge >= 0.3 is 0 Å². The molecule has 0 bridgehead atoms. The van der Waals surface area contributed by atoms with Crippen LogP contribution in [-0.2, 0) is 0 Å². The molecule has 0 heterocycles. The lowest BCUT2D eigenvalue weighted by molar-refractivity contribution is 0.510. The molecule has 1 heteroatoms. The maximum absolute atomic E-state index is 6.04. The molecule has 1 aliphatic carbocycles. The van der Waals surface area contributed by atoms with Crippen molar-refractivity contribution >= 4 is 0 Å². The Balaban J connectivity index is 2.63. The Hall–Kier alpha value is -0.560. The smallest absolute Gasteiger partial charge is 0.0374 e. The number of hydrogen-bond donors (Lipinski definition) is 1. The molecule has 0 aromatic heterocycles. The van der Waals surface area contributed by atoms with Gasteiger partial charge in [0.15, 0.2) is 0 Å². The third-order valence-corrected chi connectivity index (χ3v) is 2.44. The van der Waals surface area contributed by atoms with Gasteiger partial charge < -0.3 is 5.73 Å². The predicted molar refractivity (Wildman–Crippen MR) is 49.3 cm³/mol. The Morgan fingerprint density at radius 3 is 2.64 bits per heavy atom. The summed E-state index contributed by atoms with van der Waals surface area (Å²) in [5.41, 5.74) is 7.40. The first-order valence-corrected chi connectivity index (χ1v) is 4.37. The molecule has 1 atom stereocenters.